The number of unbranched alkanes of at least 4 members (excludes halogenated alkanes) is 18. The molecule has 5 N–H and O–H groups in total. The molecule has 0 aliphatic carbocycles. The Balaban J connectivity index is -0.000000755. The van der Waals surface area contributed by atoms with Crippen LogP contribution in [0.2, 0.25) is 0 Å². The Morgan fingerprint density at radius 1 is 0.487 bits per heavy atom. The van der Waals surface area contributed by atoms with E-state index in [9.17, 15) is 0 Å². The number of aliphatic hydroxyl groups is 2. The molecule has 0 aromatic heterocycles. The highest BCUT2D eigenvalue weighted by molar-refractivity contribution is 7.79. The van der Waals surface area contributed by atoms with Crippen molar-refractivity contribution < 1.29 is 42.1 Å². The number of ether oxygens (including phenoxy) is 1. The van der Waals surface area contributed by atoms with Crippen LogP contribution in [0.15, 0.2) is 0 Å². The van der Waals surface area contributed by atoms with Crippen LogP contribution < -0.4 is 5.64 Å². The summed E-state index contributed by atoms with van der Waals surface area (Å²) in [4.78, 5) is 8.90. The third-order valence-corrected chi connectivity index (χ3v) is 5.79. The maximum Gasteiger partial charge on any atom is 0.394 e. The van der Waals surface area contributed by atoms with Crippen LogP contribution in [0.5, 0.6) is 0 Å². The molecule has 0 fully saturated rings. The van der Waals surface area contributed by atoms with Gasteiger partial charge in [0.1, 0.15) is 0 Å². The summed E-state index contributed by atoms with van der Waals surface area (Å²) >= 11 is 0. The minimum Gasteiger partial charge on any atom is -0.394 e. The molecule has 0 rings (SSSR count). The first-order valence-electron chi connectivity index (χ1n) is 15.3. The minimum absolute atomic E-state index is 0.0600. The van der Waals surface area contributed by atoms with Gasteiger partial charge in [-0.05, 0) is 12.8 Å². The second-order valence-electron chi connectivity index (χ2n) is 9.65. The van der Waals surface area contributed by atoms with Crippen LogP contribution in [0.1, 0.15) is 142 Å². The van der Waals surface area contributed by atoms with Crippen LogP contribution >= 0.6 is 0 Å². The van der Waals surface area contributed by atoms with Gasteiger partial charge in [0.2, 0.25) is 0 Å². The van der Waals surface area contributed by atoms with E-state index >= 15 is 0 Å². The highest BCUT2D eigenvalue weighted by atomic mass is 32.3. The van der Waals surface area contributed by atoms with Crippen LogP contribution in [-0.4, -0.2) is 67.4 Å². The molecule has 240 valence electrons. The fourth-order valence-electron chi connectivity index (χ4n) is 3.70. The molecule has 0 heterocycles. The molecule has 39 heavy (non-hydrogen) atoms. The van der Waals surface area contributed by atoms with Gasteiger partial charge in [0.15, 0.2) is 0 Å². The number of nitrogens with one attached hydrogen (secondary N) is 1. The van der Waals surface area contributed by atoms with Gasteiger partial charge in [-0.1, -0.05) is 135 Å². The van der Waals surface area contributed by atoms with Crippen LogP contribution in [-0.2, 0) is 24.8 Å². The van der Waals surface area contributed by atoms with Gasteiger partial charge in [-0.3, -0.25) is 18.8 Å². The Labute approximate surface area is 240 Å². The maximum absolute atomic E-state index is 8.74. The van der Waals surface area contributed by atoms with E-state index in [4.69, 9.17) is 32.5 Å². The molecule has 10 nitrogen and oxygen atoms in total. The Morgan fingerprint density at radius 3 is 1.00 bits per heavy atom. The van der Waals surface area contributed by atoms with Gasteiger partial charge in [0, 0.05) is 13.2 Å². The van der Waals surface area contributed by atoms with Gasteiger partial charge >= 0.3 is 10.4 Å². The summed E-state index contributed by atoms with van der Waals surface area (Å²) in [5, 5.41) is 16.3. The normalized spacial score (nSPS) is 11.0. The third-order valence-electron chi connectivity index (χ3n) is 5.79. The molecular weight excluding hydrogens is 526 g/mol. The van der Waals surface area contributed by atoms with Crippen molar-refractivity contribution in [1.82, 2.24) is 5.64 Å². The fourth-order valence-corrected chi connectivity index (χ4v) is 3.70. The van der Waals surface area contributed by atoms with Crippen LogP contribution in [0.25, 0.3) is 0 Å². The zero-order chi connectivity index (χ0) is 29.7. The first-order valence-corrected chi connectivity index (χ1v) is 16.7. The fraction of sp³-hybridized carbons (Fsp3) is 1.00. The summed E-state index contributed by atoms with van der Waals surface area (Å²) in [5.41, 5.74) is 2.07. The standard InChI is InChI=1S/C24H50O.C4H11NO4.H2O4S/c1-3-5-7-9-11-13-15-17-19-21-23-25-24-22-20-18-16-14-12-10-8-6-4-2;6-1-3-8-5-9-4-2-7;1-5(2,3)4/h3-24H2,1-2H3;5-7H,1-4H2;(H2,1,2,3,4). The van der Waals surface area contributed by atoms with Gasteiger partial charge in [0.05, 0.1) is 26.4 Å². The topological polar surface area (TPSA) is 155 Å². The van der Waals surface area contributed by atoms with Crippen molar-refractivity contribution in [1.29, 1.82) is 0 Å². The van der Waals surface area contributed by atoms with E-state index in [1.807, 2.05) is 0 Å². The van der Waals surface area contributed by atoms with E-state index in [2.05, 4.69) is 29.2 Å². The average molecular weight is 590 g/mol. The van der Waals surface area contributed by atoms with E-state index < -0.39 is 10.4 Å². The van der Waals surface area contributed by atoms with Crippen LogP contribution in [0.3, 0.4) is 0 Å². The monoisotopic (exact) mass is 589 g/mol. The maximum atomic E-state index is 8.74. The molecule has 0 aliphatic rings. The second kappa shape index (κ2) is 39.8. The summed E-state index contributed by atoms with van der Waals surface area (Å²) < 4.78 is 37.4. The van der Waals surface area contributed by atoms with Gasteiger partial charge < -0.3 is 14.9 Å². The lowest BCUT2D eigenvalue weighted by molar-refractivity contribution is -0.178. The first-order chi connectivity index (χ1) is 18.8. The number of rotatable bonds is 28. The molecule has 0 radical (unpaired) electrons. The minimum atomic E-state index is -4.67. The number of hydrogen-bond acceptors (Lipinski definition) is 8. The Hall–Kier alpha value is -0.370. The van der Waals surface area contributed by atoms with Crippen molar-refractivity contribution in [2.75, 3.05) is 39.6 Å². The summed E-state index contributed by atoms with van der Waals surface area (Å²) in [6.07, 6.45) is 28.2. The van der Waals surface area contributed by atoms with Crippen molar-refractivity contribution in [2.24, 2.45) is 0 Å². The molecule has 0 bridgehead atoms. The van der Waals surface area contributed by atoms with Crippen molar-refractivity contribution >= 4 is 10.4 Å². The highest BCUT2D eigenvalue weighted by Crippen LogP contribution is 2.12. The lowest BCUT2D eigenvalue weighted by atomic mass is 10.1. The molecule has 0 aliphatic heterocycles. The molecule has 0 unspecified atom stereocenters. The summed E-state index contributed by atoms with van der Waals surface area (Å²) in [5.74, 6) is 0. The number of aliphatic hydroxyl groups excluding tert-OH is 2. The quantitative estimate of drug-likeness (QED) is 0.0382. The van der Waals surface area contributed by atoms with Crippen molar-refractivity contribution in [3.63, 3.8) is 0 Å². The van der Waals surface area contributed by atoms with E-state index in [0.717, 1.165) is 13.2 Å². The highest BCUT2D eigenvalue weighted by Gasteiger charge is 1.95. The molecule has 0 saturated heterocycles. The predicted octanol–water partition coefficient (Wildman–Crippen LogP) is 6.62. The first kappa shape index (κ1) is 43.1. The van der Waals surface area contributed by atoms with Crippen molar-refractivity contribution in [3.8, 4) is 0 Å². The molecule has 0 saturated carbocycles. The van der Waals surface area contributed by atoms with E-state index in [0.29, 0.717) is 0 Å². The molecule has 0 aromatic carbocycles. The van der Waals surface area contributed by atoms with E-state index in [1.54, 1.807) is 0 Å². The third kappa shape index (κ3) is 62.6. The van der Waals surface area contributed by atoms with Gasteiger partial charge in [-0.15, -0.1) is 0 Å². The Bertz CT molecular complexity index is 475. The molecular formula is C28H63NO9S. The lowest BCUT2D eigenvalue weighted by Crippen LogP contribution is -2.19. The summed E-state index contributed by atoms with van der Waals surface area (Å²) in [6, 6.07) is 0. The van der Waals surface area contributed by atoms with Crippen molar-refractivity contribution in [2.45, 2.75) is 142 Å². The molecule has 0 atom stereocenters. The van der Waals surface area contributed by atoms with Crippen LogP contribution in [0.4, 0.5) is 0 Å². The van der Waals surface area contributed by atoms with Gasteiger partial charge in [-0.2, -0.15) is 8.42 Å². The van der Waals surface area contributed by atoms with Crippen LogP contribution in [0, 0.1) is 0 Å². The van der Waals surface area contributed by atoms with Crippen molar-refractivity contribution in [3.05, 3.63) is 0 Å². The zero-order valence-electron chi connectivity index (χ0n) is 25.1. The second-order valence-corrected chi connectivity index (χ2v) is 10.5. The smallest absolute Gasteiger partial charge is 0.394 e. The molecule has 0 aromatic rings. The molecule has 11 heteroatoms. The predicted molar refractivity (Wildman–Crippen MR) is 158 cm³/mol. The number of hydrogen-bond donors (Lipinski definition) is 5. The summed E-state index contributed by atoms with van der Waals surface area (Å²) in [6.45, 7) is 6.79. The zero-order valence-corrected chi connectivity index (χ0v) is 25.9. The Kier molecular flexibility index (Phi) is 43.9. The largest absolute Gasteiger partial charge is 0.394 e. The van der Waals surface area contributed by atoms with Gasteiger partial charge in [-0.25, -0.2) is 0 Å². The molecule has 0 amide bonds. The average Bonchev–Trinajstić information content (AvgIpc) is 2.89. The SMILES string of the molecule is CCCCCCCCCCCCOCCCCCCCCCCCC.O=S(=O)(O)O.OCCONOCCO. The van der Waals surface area contributed by atoms with Gasteiger partial charge in [0.25, 0.3) is 0 Å². The Morgan fingerprint density at radius 2 is 0.744 bits per heavy atom. The molecule has 0 spiro atoms. The van der Waals surface area contributed by atoms with E-state index in [1.165, 1.54) is 128 Å². The van der Waals surface area contributed by atoms with E-state index in [-0.39, 0.29) is 26.4 Å². The summed E-state index contributed by atoms with van der Waals surface area (Å²) in [7, 11) is -4.67. The lowest BCUT2D eigenvalue weighted by Gasteiger charge is -2.05.